The minimum Gasteiger partial charge on any atom is -0.493 e. The standard InChI is InChI=1S/C26H36N2O5S/c1-19(2)11-14-33-24-10-7-21(16-26(29)32-4)15-22(24)18-28-13-12-27-17-25(28)34(30,31)23-8-5-20(3)6-9-23/h5-10,15,19,25,27H,11-14,16-18H2,1-4H3. The maximum atomic E-state index is 13.5. The third kappa shape index (κ3) is 6.81. The van der Waals surface area contributed by atoms with E-state index >= 15 is 0 Å². The molecular formula is C26H36N2O5S. The molecule has 1 aliphatic heterocycles. The second kappa shape index (κ2) is 11.8. The molecule has 1 unspecified atom stereocenters. The van der Waals surface area contributed by atoms with Crippen molar-refractivity contribution >= 4 is 15.8 Å². The number of nitrogens with zero attached hydrogens (tertiary/aromatic N) is 1. The quantitative estimate of drug-likeness (QED) is 0.514. The number of carbonyl (C=O) groups is 1. The van der Waals surface area contributed by atoms with E-state index in [0.717, 1.165) is 28.9 Å². The van der Waals surface area contributed by atoms with E-state index in [0.29, 0.717) is 43.6 Å². The molecule has 7 nitrogen and oxygen atoms in total. The van der Waals surface area contributed by atoms with E-state index in [1.807, 2.05) is 42.2 Å². The summed E-state index contributed by atoms with van der Waals surface area (Å²) in [6.45, 7) is 8.84. The highest BCUT2D eigenvalue weighted by Gasteiger charge is 2.35. The van der Waals surface area contributed by atoms with Gasteiger partial charge >= 0.3 is 5.97 Å². The molecule has 1 atom stereocenters. The van der Waals surface area contributed by atoms with Crippen molar-refractivity contribution in [1.82, 2.24) is 10.2 Å². The Morgan fingerprint density at radius 1 is 1.18 bits per heavy atom. The van der Waals surface area contributed by atoms with Gasteiger partial charge in [-0.15, -0.1) is 0 Å². The van der Waals surface area contributed by atoms with Gasteiger partial charge in [-0.3, -0.25) is 9.69 Å². The van der Waals surface area contributed by atoms with Gasteiger partial charge in [0, 0.05) is 31.7 Å². The highest BCUT2D eigenvalue weighted by Crippen LogP contribution is 2.27. The highest BCUT2D eigenvalue weighted by molar-refractivity contribution is 7.92. The van der Waals surface area contributed by atoms with Crippen LogP contribution in [0.15, 0.2) is 47.4 Å². The van der Waals surface area contributed by atoms with E-state index in [4.69, 9.17) is 9.47 Å². The molecule has 0 saturated carbocycles. The summed E-state index contributed by atoms with van der Waals surface area (Å²) in [6.07, 6.45) is 1.07. The van der Waals surface area contributed by atoms with Crippen LogP contribution in [0.2, 0.25) is 0 Å². The Hall–Kier alpha value is -2.42. The zero-order valence-electron chi connectivity index (χ0n) is 20.5. The van der Waals surface area contributed by atoms with Crippen molar-refractivity contribution in [1.29, 1.82) is 0 Å². The lowest BCUT2D eigenvalue weighted by atomic mass is 10.1. The molecule has 2 aromatic carbocycles. The number of rotatable bonds is 10. The maximum Gasteiger partial charge on any atom is 0.309 e. The molecule has 0 radical (unpaired) electrons. The molecule has 0 aliphatic carbocycles. The Balaban J connectivity index is 1.89. The van der Waals surface area contributed by atoms with Crippen LogP contribution in [-0.2, 0) is 32.3 Å². The van der Waals surface area contributed by atoms with E-state index < -0.39 is 15.2 Å². The first kappa shape index (κ1) is 26.2. The average molecular weight is 489 g/mol. The fourth-order valence-corrected chi connectivity index (χ4v) is 5.70. The molecule has 0 aromatic heterocycles. The summed E-state index contributed by atoms with van der Waals surface area (Å²) in [4.78, 5) is 14.1. The van der Waals surface area contributed by atoms with Crippen LogP contribution in [0.25, 0.3) is 0 Å². The van der Waals surface area contributed by atoms with Gasteiger partial charge in [0.1, 0.15) is 11.1 Å². The van der Waals surface area contributed by atoms with Crippen molar-refractivity contribution in [3.05, 3.63) is 59.2 Å². The smallest absolute Gasteiger partial charge is 0.309 e. The lowest BCUT2D eigenvalue weighted by Gasteiger charge is -2.36. The maximum absolute atomic E-state index is 13.5. The Morgan fingerprint density at radius 3 is 2.59 bits per heavy atom. The number of hydrogen-bond acceptors (Lipinski definition) is 7. The third-order valence-electron chi connectivity index (χ3n) is 6.04. The number of hydrogen-bond donors (Lipinski definition) is 1. The lowest BCUT2D eigenvalue weighted by Crippen LogP contribution is -2.54. The summed E-state index contributed by atoms with van der Waals surface area (Å²) in [6, 6.07) is 12.7. The summed E-state index contributed by atoms with van der Waals surface area (Å²) in [5.74, 6) is 0.917. The minimum absolute atomic E-state index is 0.155. The molecule has 1 aliphatic rings. The van der Waals surface area contributed by atoms with Gasteiger partial charge in [0.15, 0.2) is 9.84 Å². The molecule has 0 amide bonds. The average Bonchev–Trinajstić information content (AvgIpc) is 2.80. The van der Waals surface area contributed by atoms with Crippen molar-refractivity contribution in [2.45, 2.75) is 50.4 Å². The molecule has 3 rings (SSSR count). The number of ether oxygens (including phenoxy) is 2. The molecule has 8 heteroatoms. The normalized spacial score (nSPS) is 17.0. The SMILES string of the molecule is COC(=O)Cc1ccc(OCCC(C)C)c(CN2CCNCC2S(=O)(=O)c2ccc(C)cc2)c1. The van der Waals surface area contributed by atoms with Crippen LogP contribution < -0.4 is 10.1 Å². The minimum atomic E-state index is -3.57. The predicted octanol–water partition coefficient (Wildman–Crippen LogP) is 3.34. The van der Waals surface area contributed by atoms with Crippen LogP contribution in [0.4, 0.5) is 0 Å². The van der Waals surface area contributed by atoms with Crippen molar-refractivity contribution in [3.8, 4) is 5.75 Å². The lowest BCUT2D eigenvalue weighted by molar-refractivity contribution is -0.139. The van der Waals surface area contributed by atoms with Gasteiger partial charge in [0.2, 0.25) is 0 Å². The number of esters is 1. The first-order chi connectivity index (χ1) is 16.2. The van der Waals surface area contributed by atoms with E-state index in [1.165, 1.54) is 7.11 Å². The molecule has 1 fully saturated rings. The second-order valence-corrected chi connectivity index (χ2v) is 11.3. The molecule has 34 heavy (non-hydrogen) atoms. The molecule has 0 bridgehead atoms. The fourth-order valence-electron chi connectivity index (χ4n) is 3.96. The zero-order valence-corrected chi connectivity index (χ0v) is 21.4. The number of piperazine rings is 1. The summed E-state index contributed by atoms with van der Waals surface area (Å²) >= 11 is 0. The van der Waals surface area contributed by atoms with Gasteiger partial charge in [0.05, 0.1) is 25.0 Å². The Labute approximate surface area is 203 Å². The van der Waals surface area contributed by atoms with Crippen molar-refractivity contribution in [2.75, 3.05) is 33.4 Å². The molecule has 0 spiro atoms. The van der Waals surface area contributed by atoms with Crippen LogP contribution in [0.3, 0.4) is 0 Å². The van der Waals surface area contributed by atoms with Gasteiger partial charge in [0.25, 0.3) is 0 Å². The van der Waals surface area contributed by atoms with Crippen molar-refractivity contribution in [3.63, 3.8) is 0 Å². The number of methoxy groups -OCH3 is 1. The Bertz CT molecular complexity index is 1070. The van der Waals surface area contributed by atoms with Crippen LogP contribution in [-0.4, -0.2) is 58.0 Å². The Morgan fingerprint density at radius 2 is 1.91 bits per heavy atom. The van der Waals surface area contributed by atoms with E-state index in [1.54, 1.807) is 12.1 Å². The number of aryl methyl sites for hydroxylation is 1. The number of nitrogens with one attached hydrogen (secondary N) is 1. The first-order valence-electron chi connectivity index (χ1n) is 11.8. The van der Waals surface area contributed by atoms with Crippen LogP contribution in [0.1, 0.15) is 37.0 Å². The largest absolute Gasteiger partial charge is 0.493 e. The third-order valence-corrected chi connectivity index (χ3v) is 8.15. The molecule has 1 N–H and O–H groups in total. The molecule has 1 heterocycles. The van der Waals surface area contributed by atoms with E-state index in [-0.39, 0.29) is 12.4 Å². The predicted molar refractivity (Wildman–Crippen MR) is 133 cm³/mol. The van der Waals surface area contributed by atoms with Gasteiger partial charge < -0.3 is 14.8 Å². The fraction of sp³-hybridized carbons (Fsp3) is 0.500. The van der Waals surface area contributed by atoms with Crippen LogP contribution in [0.5, 0.6) is 5.75 Å². The van der Waals surface area contributed by atoms with Gasteiger partial charge in [-0.25, -0.2) is 8.42 Å². The van der Waals surface area contributed by atoms with Gasteiger partial charge in [-0.1, -0.05) is 43.7 Å². The summed E-state index contributed by atoms with van der Waals surface area (Å²) in [5.41, 5.74) is 2.70. The van der Waals surface area contributed by atoms with Crippen LogP contribution >= 0.6 is 0 Å². The van der Waals surface area contributed by atoms with E-state index in [2.05, 4.69) is 19.2 Å². The number of benzene rings is 2. The molecule has 186 valence electrons. The van der Waals surface area contributed by atoms with Crippen molar-refractivity contribution in [2.24, 2.45) is 5.92 Å². The van der Waals surface area contributed by atoms with Crippen LogP contribution in [0, 0.1) is 12.8 Å². The van der Waals surface area contributed by atoms with E-state index in [9.17, 15) is 13.2 Å². The topological polar surface area (TPSA) is 84.9 Å². The van der Waals surface area contributed by atoms with Gasteiger partial charge in [-0.2, -0.15) is 0 Å². The Kier molecular flexibility index (Phi) is 9.10. The van der Waals surface area contributed by atoms with Gasteiger partial charge in [-0.05, 0) is 43.0 Å². The zero-order chi connectivity index (χ0) is 24.7. The first-order valence-corrected chi connectivity index (χ1v) is 13.3. The van der Waals surface area contributed by atoms with Crippen molar-refractivity contribution < 1.29 is 22.7 Å². The molecule has 2 aromatic rings. The second-order valence-electron chi connectivity index (χ2n) is 9.21. The number of carbonyl (C=O) groups excluding carboxylic acids is 1. The summed E-state index contributed by atoms with van der Waals surface area (Å²) in [5, 5.41) is 2.53. The monoisotopic (exact) mass is 488 g/mol. The molecule has 1 saturated heterocycles. The highest BCUT2D eigenvalue weighted by atomic mass is 32.2. The summed E-state index contributed by atoms with van der Waals surface area (Å²) < 4.78 is 37.9. The number of sulfone groups is 1. The molecular weight excluding hydrogens is 452 g/mol. The summed E-state index contributed by atoms with van der Waals surface area (Å²) in [7, 11) is -2.20.